The van der Waals surface area contributed by atoms with Gasteiger partial charge in [-0.1, -0.05) is 23.7 Å². The van der Waals surface area contributed by atoms with Crippen LogP contribution in [0.25, 0.3) is 0 Å². The largest absolute Gasteiger partial charge is 0.468 e. The third kappa shape index (κ3) is 5.23. The molecule has 0 aliphatic carbocycles. The van der Waals surface area contributed by atoms with Gasteiger partial charge in [0.15, 0.2) is 0 Å². The first-order valence-electron chi connectivity index (χ1n) is 7.83. The fourth-order valence-corrected chi connectivity index (χ4v) is 4.39. The average molecular weight is 398 g/mol. The van der Waals surface area contributed by atoms with Gasteiger partial charge in [-0.25, -0.2) is 0 Å². The van der Waals surface area contributed by atoms with Gasteiger partial charge in [0.05, 0.1) is 23.6 Å². The summed E-state index contributed by atoms with van der Waals surface area (Å²) >= 11 is 8.78. The van der Waals surface area contributed by atoms with E-state index in [0.717, 1.165) is 9.77 Å². The van der Waals surface area contributed by atoms with Crippen molar-refractivity contribution in [2.45, 2.75) is 30.5 Å². The summed E-state index contributed by atoms with van der Waals surface area (Å²) in [6, 6.07) is 11.1. The molecule has 2 aromatic rings. The van der Waals surface area contributed by atoms with E-state index in [1.54, 1.807) is 17.9 Å². The number of nitrogens with zero attached hydrogens (tertiary/aromatic N) is 1. The zero-order chi connectivity index (χ0) is 18.4. The SMILES string of the molecule is CCN(Cc1ccc(Cl)s1)C(=O)c1ccccc1SC(C)C(=O)OC. The van der Waals surface area contributed by atoms with Crippen molar-refractivity contribution in [3.8, 4) is 0 Å². The smallest absolute Gasteiger partial charge is 0.318 e. The molecule has 0 spiro atoms. The van der Waals surface area contributed by atoms with Crippen molar-refractivity contribution in [3.63, 3.8) is 0 Å². The molecular formula is C18H20ClNO3S2. The molecule has 1 heterocycles. The number of amides is 1. The minimum Gasteiger partial charge on any atom is -0.468 e. The molecule has 134 valence electrons. The molecule has 1 aromatic heterocycles. The summed E-state index contributed by atoms with van der Waals surface area (Å²) in [5, 5.41) is -0.384. The Labute approximate surface area is 161 Å². The van der Waals surface area contributed by atoms with Crippen LogP contribution in [0.1, 0.15) is 29.1 Å². The standard InChI is InChI=1S/C18H20ClNO3S2/c1-4-20(11-13-9-10-16(19)25-13)17(21)14-7-5-6-8-15(14)24-12(2)18(22)23-3/h5-10,12H,4,11H2,1-3H3. The molecule has 0 N–H and O–H groups in total. The minimum atomic E-state index is -0.384. The summed E-state index contributed by atoms with van der Waals surface area (Å²) in [7, 11) is 1.36. The first kappa shape index (κ1) is 19.8. The summed E-state index contributed by atoms with van der Waals surface area (Å²) in [6.45, 7) is 4.81. The molecule has 0 bridgehead atoms. The van der Waals surface area contributed by atoms with Gasteiger partial charge in [-0.15, -0.1) is 23.1 Å². The molecule has 1 unspecified atom stereocenters. The molecule has 0 aliphatic heterocycles. The fraction of sp³-hybridized carbons (Fsp3) is 0.333. The topological polar surface area (TPSA) is 46.6 Å². The van der Waals surface area contributed by atoms with E-state index in [4.69, 9.17) is 16.3 Å². The van der Waals surface area contributed by atoms with Crippen molar-refractivity contribution in [1.29, 1.82) is 0 Å². The predicted octanol–water partition coefficient (Wildman–Crippen LogP) is 4.72. The number of esters is 1. The van der Waals surface area contributed by atoms with Crippen LogP contribution in [0.4, 0.5) is 0 Å². The monoisotopic (exact) mass is 397 g/mol. The molecule has 0 saturated heterocycles. The molecule has 4 nitrogen and oxygen atoms in total. The zero-order valence-corrected chi connectivity index (χ0v) is 16.7. The maximum absolute atomic E-state index is 13.0. The Hall–Kier alpha value is -1.50. The van der Waals surface area contributed by atoms with E-state index in [9.17, 15) is 9.59 Å². The first-order chi connectivity index (χ1) is 12.0. The average Bonchev–Trinajstić information content (AvgIpc) is 3.03. The Morgan fingerprint density at radius 3 is 2.60 bits per heavy atom. The molecule has 2 rings (SSSR count). The Bertz CT molecular complexity index is 747. The number of benzene rings is 1. The van der Waals surface area contributed by atoms with Gasteiger partial charge in [-0.3, -0.25) is 9.59 Å². The fourth-order valence-electron chi connectivity index (χ4n) is 2.27. The molecule has 0 fully saturated rings. The molecule has 1 atom stereocenters. The van der Waals surface area contributed by atoms with Crippen molar-refractivity contribution < 1.29 is 14.3 Å². The van der Waals surface area contributed by atoms with Crippen molar-refractivity contribution in [3.05, 3.63) is 51.2 Å². The second kappa shape index (κ2) is 9.27. The Balaban J connectivity index is 2.20. The van der Waals surface area contributed by atoms with Crippen LogP contribution in [0.5, 0.6) is 0 Å². The molecular weight excluding hydrogens is 378 g/mol. The normalized spacial score (nSPS) is 11.8. The lowest BCUT2D eigenvalue weighted by Gasteiger charge is -2.22. The number of methoxy groups -OCH3 is 1. The van der Waals surface area contributed by atoms with Gasteiger partial charge in [0.1, 0.15) is 5.25 Å². The number of ether oxygens (including phenoxy) is 1. The van der Waals surface area contributed by atoms with Gasteiger partial charge in [0.2, 0.25) is 0 Å². The molecule has 25 heavy (non-hydrogen) atoms. The lowest BCUT2D eigenvalue weighted by molar-refractivity contribution is -0.139. The minimum absolute atomic E-state index is 0.0628. The molecule has 0 saturated carbocycles. The summed E-state index contributed by atoms with van der Waals surface area (Å²) < 4.78 is 5.48. The van der Waals surface area contributed by atoms with Crippen LogP contribution in [0.3, 0.4) is 0 Å². The number of thioether (sulfide) groups is 1. The quantitative estimate of drug-likeness (QED) is 0.501. The van der Waals surface area contributed by atoms with E-state index in [2.05, 4.69) is 0 Å². The van der Waals surface area contributed by atoms with E-state index in [1.165, 1.54) is 30.2 Å². The number of carbonyl (C=O) groups is 2. The van der Waals surface area contributed by atoms with Crippen molar-refractivity contribution in [2.24, 2.45) is 0 Å². The summed E-state index contributed by atoms with van der Waals surface area (Å²) in [5.74, 6) is -0.375. The van der Waals surface area contributed by atoms with Crippen LogP contribution in [0, 0.1) is 0 Å². The zero-order valence-electron chi connectivity index (χ0n) is 14.3. The van der Waals surface area contributed by atoms with E-state index in [-0.39, 0.29) is 17.1 Å². The summed E-state index contributed by atoms with van der Waals surface area (Å²) in [5.41, 5.74) is 0.591. The molecule has 7 heteroatoms. The van der Waals surface area contributed by atoms with Crippen LogP contribution >= 0.6 is 34.7 Å². The number of halogens is 1. The van der Waals surface area contributed by atoms with E-state index in [0.29, 0.717) is 23.0 Å². The lowest BCUT2D eigenvalue weighted by atomic mass is 10.2. The van der Waals surface area contributed by atoms with E-state index < -0.39 is 0 Å². The number of rotatable bonds is 7. The maximum atomic E-state index is 13.0. The third-order valence-electron chi connectivity index (χ3n) is 3.60. The number of carbonyl (C=O) groups excluding carboxylic acids is 2. The lowest BCUT2D eigenvalue weighted by Crippen LogP contribution is -2.30. The molecule has 0 radical (unpaired) electrons. The van der Waals surface area contributed by atoms with Crippen LogP contribution in [0.15, 0.2) is 41.3 Å². The van der Waals surface area contributed by atoms with Gasteiger partial charge in [0, 0.05) is 16.3 Å². The number of thiophene rings is 1. The molecule has 1 amide bonds. The summed E-state index contributed by atoms with van der Waals surface area (Å²) in [6.07, 6.45) is 0. The Morgan fingerprint density at radius 1 is 1.28 bits per heavy atom. The van der Waals surface area contributed by atoms with Crippen LogP contribution in [0.2, 0.25) is 4.34 Å². The first-order valence-corrected chi connectivity index (χ1v) is 9.90. The highest BCUT2D eigenvalue weighted by molar-refractivity contribution is 8.00. The third-order valence-corrected chi connectivity index (χ3v) is 5.97. The van der Waals surface area contributed by atoms with Crippen molar-refractivity contribution in [1.82, 2.24) is 4.90 Å². The second-order valence-corrected chi connectivity index (χ2v) is 8.49. The van der Waals surface area contributed by atoms with Gasteiger partial charge in [-0.05, 0) is 38.1 Å². The number of hydrogen-bond donors (Lipinski definition) is 0. The van der Waals surface area contributed by atoms with Gasteiger partial charge in [-0.2, -0.15) is 0 Å². The van der Waals surface area contributed by atoms with Crippen molar-refractivity contribution in [2.75, 3.05) is 13.7 Å². The maximum Gasteiger partial charge on any atom is 0.318 e. The van der Waals surface area contributed by atoms with Crippen molar-refractivity contribution >= 4 is 46.6 Å². The highest BCUT2D eigenvalue weighted by Gasteiger charge is 2.22. The molecule has 0 aliphatic rings. The molecule has 1 aromatic carbocycles. The van der Waals surface area contributed by atoms with Gasteiger partial charge in [0.25, 0.3) is 5.91 Å². The number of hydrogen-bond acceptors (Lipinski definition) is 5. The van der Waals surface area contributed by atoms with Crippen LogP contribution in [-0.2, 0) is 16.1 Å². The predicted molar refractivity (Wildman–Crippen MR) is 104 cm³/mol. The van der Waals surface area contributed by atoms with E-state index in [1.807, 2.05) is 37.3 Å². The Kier molecular flexibility index (Phi) is 7.35. The second-order valence-electron chi connectivity index (χ2n) is 5.30. The Morgan fingerprint density at radius 2 is 2.00 bits per heavy atom. The van der Waals surface area contributed by atoms with Crippen LogP contribution in [-0.4, -0.2) is 35.7 Å². The highest BCUT2D eigenvalue weighted by Crippen LogP contribution is 2.29. The van der Waals surface area contributed by atoms with Crippen LogP contribution < -0.4 is 0 Å². The highest BCUT2D eigenvalue weighted by atomic mass is 35.5. The summed E-state index contributed by atoms with van der Waals surface area (Å²) in [4.78, 5) is 28.3. The van der Waals surface area contributed by atoms with E-state index >= 15 is 0 Å². The van der Waals surface area contributed by atoms with Gasteiger partial charge >= 0.3 is 5.97 Å². The van der Waals surface area contributed by atoms with Gasteiger partial charge < -0.3 is 9.64 Å².